The molecule has 0 aromatic rings. The second-order valence-corrected chi connectivity index (χ2v) is 5.63. The molecule has 1 amide bonds. The van der Waals surface area contributed by atoms with Gasteiger partial charge in [-0.2, -0.15) is 0 Å². The molecule has 0 aliphatic carbocycles. The van der Waals surface area contributed by atoms with Crippen LogP contribution >= 0.6 is 0 Å². The number of rotatable bonds is 14. The van der Waals surface area contributed by atoms with E-state index in [0.717, 1.165) is 32.1 Å². The van der Waals surface area contributed by atoms with Gasteiger partial charge in [0, 0.05) is 6.42 Å². The van der Waals surface area contributed by atoms with Crippen LogP contribution in [0.2, 0.25) is 0 Å². The van der Waals surface area contributed by atoms with E-state index in [0.29, 0.717) is 6.42 Å². The van der Waals surface area contributed by atoms with Crippen molar-refractivity contribution >= 4 is 5.91 Å². The molecule has 0 saturated heterocycles. The molecule has 3 nitrogen and oxygen atoms in total. The zero-order valence-corrected chi connectivity index (χ0v) is 12.7. The van der Waals surface area contributed by atoms with E-state index in [2.05, 4.69) is 6.92 Å². The highest BCUT2D eigenvalue weighted by molar-refractivity contribution is 5.73. The molecule has 0 saturated carbocycles. The van der Waals surface area contributed by atoms with Crippen LogP contribution in [0.1, 0.15) is 90.4 Å². The van der Waals surface area contributed by atoms with Crippen molar-refractivity contribution in [1.29, 1.82) is 0 Å². The first-order chi connectivity index (χ1) is 9.16. The van der Waals surface area contributed by atoms with Gasteiger partial charge >= 0.3 is 0 Å². The molecule has 1 atom stereocenters. The van der Waals surface area contributed by atoms with Gasteiger partial charge in [-0.25, -0.2) is 0 Å². The van der Waals surface area contributed by atoms with Gasteiger partial charge in [-0.05, 0) is 19.3 Å². The van der Waals surface area contributed by atoms with E-state index in [9.17, 15) is 9.90 Å². The zero-order chi connectivity index (χ0) is 14.3. The number of nitrogens with two attached hydrogens (primary N) is 1. The van der Waals surface area contributed by atoms with Gasteiger partial charge in [0.15, 0.2) is 0 Å². The van der Waals surface area contributed by atoms with Crippen molar-refractivity contribution in [1.82, 2.24) is 0 Å². The highest BCUT2D eigenvalue weighted by Crippen LogP contribution is 2.13. The van der Waals surface area contributed by atoms with Gasteiger partial charge in [-0.1, -0.05) is 64.7 Å². The Morgan fingerprint density at radius 2 is 1.37 bits per heavy atom. The van der Waals surface area contributed by atoms with E-state index in [1.54, 1.807) is 0 Å². The predicted octanol–water partition coefficient (Wildman–Crippen LogP) is 3.92. The molecule has 3 heteroatoms. The summed E-state index contributed by atoms with van der Waals surface area (Å²) < 4.78 is 0. The van der Waals surface area contributed by atoms with E-state index >= 15 is 0 Å². The Morgan fingerprint density at radius 1 is 0.895 bits per heavy atom. The molecule has 0 aliphatic rings. The molecule has 0 aromatic heterocycles. The van der Waals surface area contributed by atoms with Crippen molar-refractivity contribution in [2.24, 2.45) is 5.73 Å². The standard InChI is InChI=1S/C16H33NO2/c1-2-3-4-5-6-7-8-9-12-15(18)13-10-11-14-16(17)19/h15,18H,2-14H2,1H3,(H2,17,19). The number of hydrogen-bond donors (Lipinski definition) is 2. The number of aliphatic hydroxyl groups excluding tert-OH is 1. The zero-order valence-electron chi connectivity index (χ0n) is 12.7. The summed E-state index contributed by atoms with van der Waals surface area (Å²) in [6.07, 6.45) is 14.1. The molecule has 0 aromatic carbocycles. The average molecular weight is 271 g/mol. The summed E-state index contributed by atoms with van der Waals surface area (Å²) >= 11 is 0. The van der Waals surface area contributed by atoms with Gasteiger partial charge < -0.3 is 10.8 Å². The molecule has 0 heterocycles. The van der Waals surface area contributed by atoms with Crippen LogP contribution in [0.4, 0.5) is 0 Å². The summed E-state index contributed by atoms with van der Waals surface area (Å²) in [5, 5.41) is 9.77. The largest absolute Gasteiger partial charge is 0.393 e. The van der Waals surface area contributed by atoms with Crippen LogP contribution in [0.5, 0.6) is 0 Å². The topological polar surface area (TPSA) is 63.3 Å². The van der Waals surface area contributed by atoms with Crippen molar-refractivity contribution in [3.8, 4) is 0 Å². The Hall–Kier alpha value is -0.570. The number of carbonyl (C=O) groups excluding carboxylic acids is 1. The van der Waals surface area contributed by atoms with Gasteiger partial charge in [-0.3, -0.25) is 4.79 Å². The van der Waals surface area contributed by atoms with Crippen LogP contribution < -0.4 is 5.73 Å². The first-order valence-corrected chi connectivity index (χ1v) is 8.13. The molecule has 1 unspecified atom stereocenters. The fraction of sp³-hybridized carbons (Fsp3) is 0.938. The maximum atomic E-state index is 10.5. The van der Waals surface area contributed by atoms with Crippen molar-refractivity contribution in [2.45, 2.75) is 96.5 Å². The molecule has 0 spiro atoms. The molecule has 114 valence electrons. The van der Waals surface area contributed by atoms with E-state index in [4.69, 9.17) is 5.73 Å². The van der Waals surface area contributed by atoms with E-state index < -0.39 is 0 Å². The van der Waals surface area contributed by atoms with Crippen LogP contribution in [0.3, 0.4) is 0 Å². The summed E-state index contributed by atoms with van der Waals surface area (Å²) in [5.41, 5.74) is 5.06. The summed E-state index contributed by atoms with van der Waals surface area (Å²) in [4.78, 5) is 10.5. The normalized spacial score (nSPS) is 12.5. The molecule has 0 aliphatic heterocycles. The quantitative estimate of drug-likeness (QED) is 0.470. The molecular formula is C16H33NO2. The van der Waals surface area contributed by atoms with Gasteiger partial charge in [0.05, 0.1) is 6.10 Å². The highest BCUT2D eigenvalue weighted by atomic mass is 16.3. The summed E-state index contributed by atoms with van der Waals surface area (Å²) in [5.74, 6) is -0.238. The van der Waals surface area contributed by atoms with Crippen molar-refractivity contribution in [2.75, 3.05) is 0 Å². The van der Waals surface area contributed by atoms with E-state index in [1.165, 1.54) is 44.9 Å². The molecule has 3 N–H and O–H groups in total. The number of primary amides is 1. The maximum absolute atomic E-state index is 10.5. The van der Waals surface area contributed by atoms with Crippen LogP contribution in [-0.2, 0) is 4.79 Å². The van der Waals surface area contributed by atoms with Gasteiger partial charge in [0.1, 0.15) is 0 Å². The third-order valence-electron chi connectivity index (χ3n) is 3.60. The summed E-state index contributed by atoms with van der Waals surface area (Å²) in [6, 6.07) is 0. The molecular weight excluding hydrogens is 238 g/mol. The number of aliphatic hydroxyl groups is 1. The van der Waals surface area contributed by atoms with Gasteiger partial charge in [0.2, 0.25) is 5.91 Å². The number of amides is 1. The van der Waals surface area contributed by atoms with Gasteiger partial charge in [-0.15, -0.1) is 0 Å². The molecule has 0 rings (SSSR count). The Balaban J connectivity index is 3.15. The Bertz CT molecular complexity index is 207. The Kier molecular flexibility index (Phi) is 13.4. The fourth-order valence-electron chi connectivity index (χ4n) is 2.34. The number of carbonyl (C=O) groups is 1. The lowest BCUT2D eigenvalue weighted by Crippen LogP contribution is -2.11. The molecule has 19 heavy (non-hydrogen) atoms. The lowest BCUT2D eigenvalue weighted by molar-refractivity contribution is -0.118. The second-order valence-electron chi connectivity index (χ2n) is 5.63. The van der Waals surface area contributed by atoms with Crippen LogP contribution in [-0.4, -0.2) is 17.1 Å². The van der Waals surface area contributed by atoms with Crippen LogP contribution in [0.25, 0.3) is 0 Å². The SMILES string of the molecule is CCCCCCCCCCC(O)CCCCC(N)=O. The highest BCUT2D eigenvalue weighted by Gasteiger charge is 2.04. The lowest BCUT2D eigenvalue weighted by Gasteiger charge is -2.09. The maximum Gasteiger partial charge on any atom is 0.217 e. The Morgan fingerprint density at radius 3 is 1.89 bits per heavy atom. The average Bonchev–Trinajstić information content (AvgIpc) is 2.37. The first kappa shape index (κ1) is 18.4. The van der Waals surface area contributed by atoms with Crippen molar-refractivity contribution in [3.05, 3.63) is 0 Å². The van der Waals surface area contributed by atoms with E-state index in [1.807, 2.05) is 0 Å². The Labute approximate surface area is 119 Å². The minimum absolute atomic E-state index is 0.187. The third kappa shape index (κ3) is 15.4. The van der Waals surface area contributed by atoms with Crippen LogP contribution in [0, 0.1) is 0 Å². The molecule has 0 bridgehead atoms. The molecule has 0 radical (unpaired) electrons. The molecule has 0 fully saturated rings. The van der Waals surface area contributed by atoms with E-state index in [-0.39, 0.29) is 12.0 Å². The minimum Gasteiger partial charge on any atom is -0.393 e. The summed E-state index contributed by atoms with van der Waals surface area (Å²) in [6.45, 7) is 2.24. The van der Waals surface area contributed by atoms with Gasteiger partial charge in [0.25, 0.3) is 0 Å². The van der Waals surface area contributed by atoms with Crippen LogP contribution in [0.15, 0.2) is 0 Å². The first-order valence-electron chi connectivity index (χ1n) is 8.13. The smallest absolute Gasteiger partial charge is 0.217 e. The van der Waals surface area contributed by atoms with Crippen molar-refractivity contribution in [3.63, 3.8) is 0 Å². The number of hydrogen-bond acceptors (Lipinski definition) is 2. The second kappa shape index (κ2) is 13.9. The monoisotopic (exact) mass is 271 g/mol. The minimum atomic E-state index is -0.238. The third-order valence-corrected chi connectivity index (χ3v) is 3.60. The predicted molar refractivity (Wildman–Crippen MR) is 80.9 cm³/mol. The summed E-state index contributed by atoms with van der Waals surface area (Å²) in [7, 11) is 0. The van der Waals surface area contributed by atoms with Crippen molar-refractivity contribution < 1.29 is 9.90 Å². The fourth-order valence-corrected chi connectivity index (χ4v) is 2.34. The lowest BCUT2D eigenvalue weighted by atomic mass is 10.0. The number of unbranched alkanes of at least 4 members (excludes halogenated alkanes) is 8.